The third-order valence-electron chi connectivity index (χ3n) is 5.33. The van der Waals surface area contributed by atoms with E-state index in [1.807, 2.05) is 7.11 Å². The molecule has 0 radical (unpaired) electrons. The van der Waals surface area contributed by atoms with E-state index in [2.05, 4.69) is 24.3 Å². The maximum atomic E-state index is 6.50. The van der Waals surface area contributed by atoms with Crippen LogP contribution >= 0.6 is 0 Å². The fourth-order valence-electron chi connectivity index (χ4n) is 4.22. The fourth-order valence-corrected chi connectivity index (χ4v) is 4.22. The van der Waals surface area contributed by atoms with Gasteiger partial charge < -0.3 is 10.5 Å². The monoisotopic (exact) mass is 273 g/mol. The molecule has 3 rings (SSSR count). The van der Waals surface area contributed by atoms with Crippen molar-refractivity contribution in [3.05, 3.63) is 35.4 Å². The summed E-state index contributed by atoms with van der Waals surface area (Å²) in [5, 5.41) is 0. The second-order valence-corrected chi connectivity index (χ2v) is 6.60. The van der Waals surface area contributed by atoms with E-state index in [0.717, 1.165) is 6.42 Å². The number of hydrogen-bond acceptors (Lipinski definition) is 2. The Labute approximate surface area is 122 Å². The van der Waals surface area contributed by atoms with Crippen molar-refractivity contribution in [2.75, 3.05) is 7.11 Å². The maximum absolute atomic E-state index is 6.50. The van der Waals surface area contributed by atoms with E-state index in [-0.39, 0.29) is 12.1 Å². The van der Waals surface area contributed by atoms with E-state index in [9.17, 15) is 0 Å². The third-order valence-corrected chi connectivity index (χ3v) is 5.33. The van der Waals surface area contributed by atoms with Crippen molar-refractivity contribution >= 4 is 0 Å². The fraction of sp³-hybridized carbons (Fsp3) is 0.667. The number of rotatable bonds is 5. The van der Waals surface area contributed by atoms with Gasteiger partial charge in [0.1, 0.15) is 0 Å². The topological polar surface area (TPSA) is 35.2 Å². The van der Waals surface area contributed by atoms with Crippen molar-refractivity contribution in [3.63, 3.8) is 0 Å². The van der Waals surface area contributed by atoms with Crippen LogP contribution in [0.3, 0.4) is 0 Å². The number of methoxy groups -OCH3 is 1. The molecule has 0 aromatic heterocycles. The van der Waals surface area contributed by atoms with Crippen LogP contribution in [0.1, 0.15) is 55.6 Å². The molecule has 2 nitrogen and oxygen atoms in total. The number of benzene rings is 1. The molecule has 1 fully saturated rings. The molecule has 20 heavy (non-hydrogen) atoms. The van der Waals surface area contributed by atoms with E-state index < -0.39 is 0 Å². The van der Waals surface area contributed by atoms with Crippen LogP contribution in [0, 0.1) is 5.92 Å². The van der Waals surface area contributed by atoms with E-state index in [1.54, 1.807) is 0 Å². The van der Waals surface area contributed by atoms with Gasteiger partial charge in [-0.05, 0) is 48.6 Å². The van der Waals surface area contributed by atoms with Crippen LogP contribution in [-0.2, 0) is 11.2 Å². The van der Waals surface area contributed by atoms with E-state index in [1.165, 1.54) is 49.7 Å². The Morgan fingerprint density at radius 2 is 1.95 bits per heavy atom. The first-order valence-corrected chi connectivity index (χ1v) is 8.15. The first-order chi connectivity index (χ1) is 9.79. The first kappa shape index (κ1) is 14.1. The van der Waals surface area contributed by atoms with Crippen molar-refractivity contribution in [1.82, 2.24) is 0 Å². The minimum absolute atomic E-state index is 0.182. The van der Waals surface area contributed by atoms with Gasteiger partial charge in [0, 0.05) is 13.2 Å². The van der Waals surface area contributed by atoms with Gasteiger partial charge in [-0.15, -0.1) is 0 Å². The molecule has 2 N–H and O–H groups in total. The lowest BCUT2D eigenvalue weighted by molar-refractivity contribution is 0.0138. The van der Waals surface area contributed by atoms with Crippen molar-refractivity contribution in [2.24, 2.45) is 11.7 Å². The van der Waals surface area contributed by atoms with Crippen molar-refractivity contribution in [2.45, 2.75) is 63.0 Å². The van der Waals surface area contributed by atoms with Gasteiger partial charge in [-0.3, -0.25) is 0 Å². The SMILES string of the molecule is COC(C(N)CC1Cc2ccccc21)C1CCCCC1. The molecular formula is C18H27NO. The molecule has 1 aromatic rings. The van der Waals surface area contributed by atoms with Gasteiger partial charge in [-0.25, -0.2) is 0 Å². The molecule has 1 saturated carbocycles. The highest BCUT2D eigenvalue weighted by atomic mass is 16.5. The summed E-state index contributed by atoms with van der Waals surface area (Å²) >= 11 is 0. The average Bonchev–Trinajstić information content (AvgIpc) is 2.47. The zero-order valence-corrected chi connectivity index (χ0v) is 12.6. The molecule has 110 valence electrons. The maximum Gasteiger partial charge on any atom is 0.0750 e. The van der Waals surface area contributed by atoms with Crippen LogP contribution in [0.5, 0.6) is 0 Å². The molecule has 0 aliphatic heterocycles. The van der Waals surface area contributed by atoms with Crippen LogP contribution in [0.4, 0.5) is 0 Å². The highest BCUT2D eigenvalue weighted by molar-refractivity contribution is 5.39. The Hall–Kier alpha value is -0.860. The standard InChI is InChI=1S/C18H27NO/c1-20-18(13-7-3-2-4-8-13)17(19)12-15-11-14-9-5-6-10-16(14)15/h5-6,9-10,13,15,17-18H,2-4,7-8,11-12,19H2,1H3. The summed E-state index contributed by atoms with van der Waals surface area (Å²) in [6.45, 7) is 0. The van der Waals surface area contributed by atoms with E-state index >= 15 is 0 Å². The Morgan fingerprint density at radius 1 is 1.20 bits per heavy atom. The average molecular weight is 273 g/mol. The van der Waals surface area contributed by atoms with Gasteiger partial charge in [0.2, 0.25) is 0 Å². The zero-order valence-electron chi connectivity index (χ0n) is 12.6. The lowest BCUT2D eigenvalue weighted by Crippen LogP contribution is -2.44. The normalized spacial score (nSPS) is 25.6. The van der Waals surface area contributed by atoms with Crippen LogP contribution in [0.2, 0.25) is 0 Å². The number of nitrogens with two attached hydrogens (primary N) is 1. The third kappa shape index (κ3) is 2.77. The number of fused-ring (bicyclic) bond motifs is 1. The molecule has 3 unspecified atom stereocenters. The van der Waals surface area contributed by atoms with E-state index in [4.69, 9.17) is 10.5 Å². The van der Waals surface area contributed by atoms with Gasteiger partial charge in [0.15, 0.2) is 0 Å². The summed E-state index contributed by atoms with van der Waals surface area (Å²) in [6, 6.07) is 8.96. The van der Waals surface area contributed by atoms with Crippen LogP contribution in [0.15, 0.2) is 24.3 Å². The minimum atomic E-state index is 0.182. The Kier molecular flexibility index (Phi) is 4.42. The van der Waals surface area contributed by atoms with Crippen molar-refractivity contribution in [3.8, 4) is 0 Å². The highest BCUT2D eigenvalue weighted by Crippen LogP contribution is 2.39. The number of ether oxygens (including phenoxy) is 1. The quantitative estimate of drug-likeness (QED) is 0.889. The molecule has 1 aromatic carbocycles. The summed E-state index contributed by atoms with van der Waals surface area (Å²) in [4.78, 5) is 0. The van der Waals surface area contributed by atoms with Crippen molar-refractivity contribution in [1.29, 1.82) is 0 Å². The molecule has 0 amide bonds. The largest absolute Gasteiger partial charge is 0.380 e. The van der Waals surface area contributed by atoms with Gasteiger partial charge in [-0.1, -0.05) is 43.5 Å². The van der Waals surface area contributed by atoms with Gasteiger partial charge >= 0.3 is 0 Å². The number of hydrogen-bond donors (Lipinski definition) is 1. The predicted molar refractivity (Wildman–Crippen MR) is 82.9 cm³/mol. The molecule has 0 saturated heterocycles. The van der Waals surface area contributed by atoms with Gasteiger partial charge in [-0.2, -0.15) is 0 Å². The van der Waals surface area contributed by atoms with Crippen LogP contribution in [0.25, 0.3) is 0 Å². The van der Waals surface area contributed by atoms with Crippen LogP contribution in [-0.4, -0.2) is 19.3 Å². The van der Waals surface area contributed by atoms with Crippen LogP contribution < -0.4 is 5.73 Å². The van der Waals surface area contributed by atoms with Gasteiger partial charge in [0.25, 0.3) is 0 Å². The molecular weight excluding hydrogens is 246 g/mol. The van der Waals surface area contributed by atoms with Gasteiger partial charge in [0.05, 0.1) is 6.10 Å². The predicted octanol–water partition coefficient (Wildman–Crippen LogP) is 3.64. The molecule has 3 atom stereocenters. The molecule has 0 bridgehead atoms. The molecule has 0 spiro atoms. The second kappa shape index (κ2) is 6.28. The molecule has 2 aliphatic rings. The Morgan fingerprint density at radius 3 is 2.65 bits per heavy atom. The summed E-state index contributed by atoms with van der Waals surface area (Å²) in [5.41, 5.74) is 9.53. The summed E-state index contributed by atoms with van der Waals surface area (Å²) in [7, 11) is 1.84. The Balaban J connectivity index is 1.59. The molecule has 2 aliphatic carbocycles. The summed E-state index contributed by atoms with van der Waals surface area (Å²) in [6.07, 6.45) is 9.21. The van der Waals surface area contributed by atoms with Crippen molar-refractivity contribution < 1.29 is 4.74 Å². The second-order valence-electron chi connectivity index (χ2n) is 6.60. The molecule has 0 heterocycles. The smallest absolute Gasteiger partial charge is 0.0750 e. The van der Waals surface area contributed by atoms with E-state index in [0.29, 0.717) is 11.8 Å². The zero-order chi connectivity index (χ0) is 13.9. The highest BCUT2D eigenvalue weighted by Gasteiger charge is 2.33. The Bertz CT molecular complexity index is 439. The lowest BCUT2D eigenvalue weighted by atomic mass is 9.72. The minimum Gasteiger partial charge on any atom is -0.380 e. The summed E-state index contributed by atoms with van der Waals surface area (Å²) < 4.78 is 5.78. The lowest BCUT2D eigenvalue weighted by Gasteiger charge is -2.37. The molecule has 2 heteroatoms. The first-order valence-electron chi connectivity index (χ1n) is 8.15. The summed E-state index contributed by atoms with van der Waals surface area (Å²) in [5.74, 6) is 1.33.